The van der Waals surface area contributed by atoms with Crippen LogP contribution in [0.4, 0.5) is 9.18 Å². The molecule has 9 heteroatoms. The van der Waals surface area contributed by atoms with Crippen LogP contribution < -0.4 is 16.3 Å². The average molecular weight is 486 g/mol. The first kappa shape index (κ1) is 25.7. The minimum absolute atomic E-state index is 0.244. The van der Waals surface area contributed by atoms with Crippen LogP contribution in [0.5, 0.6) is 0 Å². The Morgan fingerprint density at radius 3 is 2.37 bits per heavy atom. The minimum Gasteiger partial charge on any atom is -0.444 e. The fourth-order valence-electron chi connectivity index (χ4n) is 4.35. The topological polar surface area (TPSA) is 78.8 Å². The molecule has 2 fully saturated rings. The number of carbonyl (C=O) groups is 1. The van der Waals surface area contributed by atoms with E-state index in [1.54, 1.807) is 16.8 Å². The number of rotatable bonds is 6. The summed E-state index contributed by atoms with van der Waals surface area (Å²) in [6.07, 6.45) is 4.56. The highest BCUT2D eigenvalue weighted by Crippen LogP contribution is 2.40. The van der Waals surface area contributed by atoms with Gasteiger partial charge >= 0.3 is 13.2 Å². The third-order valence-electron chi connectivity index (χ3n) is 7.28. The van der Waals surface area contributed by atoms with E-state index in [-0.39, 0.29) is 16.6 Å². The Kier molecular flexibility index (Phi) is 6.33. The van der Waals surface area contributed by atoms with Crippen LogP contribution in [0.2, 0.25) is 0 Å². The number of alkyl carbamates (subject to hydrolysis) is 1. The van der Waals surface area contributed by atoms with Gasteiger partial charge in [-0.15, -0.1) is 0 Å². The lowest BCUT2D eigenvalue weighted by Gasteiger charge is -2.32. The van der Waals surface area contributed by atoms with Crippen molar-refractivity contribution in [2.24, 2.45) is 0 Å². The molecule has 0 unspecified atom stereocenters. The number of hydrogen-bond acceptors (Lipinski definition) is 5. The van der Waals surface area contributed by atoms with E-state index in [4.69, 9.17) is 14.0 Å². The highest BCUT2D eigenvalue weighted by molar-refractivity contribution is 6.62. The second-order valence-electron chi connectivity index (χ2n) is 11.9. The van der Waals surface area contributed by atoms with Gasteiger partial charge in [0.05, 0.1) is 16.6 Å². The van der Waals surface area contributed by atoms with Crippen molar-refractivity contribution in [2.45, 2.75) is 103 Å². The van der Waals surface area contributed by atoms with Crippen molar-refractivity contribution in [1.29, 1.82) is 0 Å². The maximum atomic E-state index is 15.1. The Labute approximate surface area is 206 Å². The van der Waals surface area contributed by atoms with E-state index < -0.39 is 35.8 Å². The zero-order chi connectivity index (χ0) is 25.8. The Morgan fingerprint density at radius 1 is 1.17 bits per heavy atom. The molecule has 1 aliphatic heterocycles. The Balaban J connectivity index is 1.45. The third-order valence-corrected chi connectivity index (χ3v) is 7.28. The van der Waals surface area contributed by atoms with Gasteiger partial charge in [-0.25, -0.2) is 9.18 Å². The zero-order valence-electron chi connectivity index (χ0n) is 21.8. The van der Waals surface area contributed by atoms with Gasteiger partial charge in [-0.1, -0.05) is 6.07 Å². The van der Waals surface area contributed by atoms with Crippen molar-refractivity contribution < 1.29 is 23.2 Å². The normalized spacial score (nSPS) is 20.2. The van der Waals surface area contributed by atoms with Crippen molar-refractivity contribution in [3.8, 4) is 0 Å². The fraction of sp³-hybridized carbons (Fsp3) is 0.615. The number of pyridine rings is 1. The van der Waals surface area contributed by atoms with Crippen molar-refractivity contribution in [3.63, 3.8) is 0 Å². The largest absolute Gasteiger partial charge is 0.497 e. The zero-order valence-corrected chi connectivity index (χ0v) is 21.8. The summed E-state index contributed by atoms with van der Waals surface area (Å²) < 4.78 is 34.0. The van der Waals surface area contributed by atoms with Gasteiger partial charge in [-0.05, 0) is 91.7 Å². The molecule has 190 valence electrons. The molecule has 1 saturated carbocycles. The van der Waals surface area contributed by atoms with Crippen LogP contribution in [0.3, 0.4) is 0 Å². The van der Waals surface area contributed by atoms with Crippen LogP contribution in [-0.2, 0) is 20.6 Å². The number of fused-ring (bicyclic) bond motifs is 1. The second kappa shape index (κ2) is 8.62. The number of hydrogen-bond donors (Lipinski definition) is 1. The van der Waals surface area contributed by atoms with Crippen LogP contribution in [0.25, 0.3) is 10.8 Å². The Bertz CT molecular complexity index is 1180. The van der Waals surface area contributed by atoms with Gasteiger partial charge in [0.25, 0.3) is 5.56 Å². The molecular formula is C26H36BFN2O5. The number of nitrogens with zero attached hydrogens (tertiary/aromatic N) is 1. The summed E-state index contributed by atoms with van der Waals surface area (Å²) in [5.74, 6) is -0.524. The van der Waals surface area contributed by atoms with Gasteiger partial charge in [0.15, 0.2) is 0 Å². The van der Waals surface area contributed by atoms with Crippen molar-refractivity contribution in [1.82, 2.24) is 9.88 Å². The van der Waals surface area contributed by atoms with Crippen LogP contribution in [-0.4, -0.2) is 40.1 Å². The molecule has 0 radical (unpaired) electrons. The summed E-state index contributed by atoms with van der Waals surface area (Å²) in [4.78, 5) is 25.2. The lowest BCUT2D eigenvalue weighted by Crippen LogP contribution is -2.41. The molecule has 35 heavy (non-hydrogen) atoms. The first-order valence-corrected chi connectivity index (χ1v) is 12.3. The first-order chi connectivity index (χ1) is 16.1. The molecular weight excluding hydrogens is 450 g/mol. The number of benzene rings is 1. The van der Waals surface area contributed by atoms with Crippen LogP contribution in [0.15, 0.2) is 29.2 Å². The quantitative estimate of drug-likeness (QED) is 0.617. The number of aromatic nitrogens is 1. The summed E-state index contributed by atoms with van der Waals surface area (Å²) in [7, 11) is -0.834. The molecule has 4 rings (SSSR count). The van der Waals surface area contributed by atoms with Crippen molar-refractivity contribution >= 4 is 29.4 Å². The SMILES string of the molecule is CC(C)(C)OC(=O)NC1(CCCn2ccc3cc(B4OC(C)(C)C(C)(C)O4)c(F)cc3c2=O)CC1. The minimum atomic E-state index is -0.834. The molecule has 2 aromatic rings. The molecule has 1 aromatic heterocycles. The number of amides is 1. The monoisotopic (exact) mass is 486 g/mol. The van der Waals surface area contributed by atoms with E-state index in [1.807, 2.05) is 54.5 Å². The van der Waals surface area contributed by atoms with Crippen LogP contribution >= 0.6 is 0 Å². The molecule has 2 heterocycles. The maximum absolute atomic E-state index is 15.1. The Hall–Kier alpha value is -2.39. The lowest BCUT2D eigenvalue weighted by atomic mass is 9.78. The average Bonchev–Trinajstić information content (AvgIpc) is 3.41. The van der Waals surface area contributed by atoms with E-state index in [0.717, 1.165) is 19.3 Å². The van der Waals surface area contributed by atoms with E-state index >= 15 is 4.39 Å². The summed E-state index contributed by atoms with van der Waals surface area (Å²) >= 11 is 0. The van der Waals surface area contributed by atoms with E-state index in [1.165, 1.54) is 6.07 Å². The van der Waals surface area contributed by atoms with E-state index in [0.29, 0.717) is 23.7 Å². The maximum Gasteiger partial charge on any atom is 0.497 e. The molecule has 0 atom stereocenters. The van der Waals surface area contributed by atoms with Gasteiger partial charge in [0.2, 0.25) is 0 Å². The molecule has 1 saturated heterocycles. The third kappa shape index (κ3) is 5.41. The molecule has 7 nitrogen and oxygen atoms in total. The summed E-state index contributed by atoms with van der Waals surface area (Å²) in [5.41, 5.74) is -1.92. The second-order valence-corrected chi connectivity index (χ2v) is 11.9. The number of nitrogens with one attached hydrogen (secondary N) is 1. The van der Waals surface area contributed by atoms with Crippen LogP contribution in [0.1, 0.15) is 74.1 Å². The van der Waals surface area contributed by atoms with Gasteiger partial charge < -0.3 is 23.9 Å². The fourth-order valence-corrected chi connectivity index (χ4v) is 4.35. The number of ether oxygens (including phenoxy) is 1. The highest BCUT2D eigenvalue weighted by Gasteiger charge is 2.52. The molecule has 2 aliphatic rings. The lowest BCUT2D eigenvalue weighted by molar-refractivity contribution is 0.00578. The van der Waals surface area contributed by atoms with Crippen molar-refractivity contribution in [3.05, 3.63) is 40.6 Å². The number of halogens is 1. The van der Waals surface area contributed by atoms with Gasteiger partial charge in [0, 0.05) is 23.7 Å². The molecule has 0 spiro atoms. The summed E-state index contributed by atoms with van der Waals surface area (Å²) in [5, 5.41) is 3.94. The van der Waals surface area contributed by atoms with Crippen LogP contribution in [0, 0.1) is 5.82 Å². The first-order valence-electron chi connectivity index (χ1n) is 12.3. The van der Waals surface area contributed by atoms with Gasteiger partial charge in [-0.2, -0.15) is 0 Å². The molecule has 1 amide bonds. The smallest absolute Gasteiger partial charge is 0.444 e. The predicted octanol–water partition coefficient (Wildman–Crippen LogP) is 4.28. The molecule has 1 aromatic carbocycles. The van der Waals surface area contributed by atoms with E-state index in [2.05, 4.69) is 5.32 Å². The van der Waals surface area contributed by atoms with E-state index in [9.17, 15) is 9.59 Å². The summed E-state index contributed by atoms with van der Waals surface area (Å²) in [6.45, 7) is 13.6. The molecule has 1 N–H and O–H groups in total. The molecule has 1 aliphatic carbocycles. The highest BCUT2D eigenvalue weighted by atomic mass is 19.1. The van der Waals surface area contributed by atoms with Crippen molar-refractivity contribution in [2.75, 3.05) is 0 Å². The number of aryl methyl sites for hydroxylation is 1. The standard InChI is InChI=1S/C26H36BFN2O5/c1-23(2,3)33-22(32)29-26(11-12-26)10-8-13-30-14-9-17-15-19(20(28)16-18(17)21(30)31)27-34-24(4,5)25(6,7)35-27/h9,14-16H,8,10-13H2,1-7H3,(H,29,32). The van der Waals surface area contributed by atoms with Gasteiger partial charge in [0.1, 0.15) is 11.4 Å². The number of carbonyl (C=O) groups excluding carboxylic acids is 1. The Morgan fingerprint density at radius 2 is 1.80 bits per heavy atom. The predicted molar refractivity (Wildman–Crippen MR) is 134 cm³/mol. The summed E-state index contributed by atoms with van der Waals surface area (Å²) in [6, 6.07) is 4.74. The van der Waals surface area contributed by atoms with Gasteiger partial charge in [-0.3, -0.25) is 4.79 Å². The molecule has 0 bridgehead atoms.